The van der Waals surface area contributed by atoms with Crippen LogP contribution in [0.1, 0.15) is 62.8 Å². The van der Waals surface area contributed by atoms with E-state index in [1.807, 2.05) is 13.8 Å². The van der Waals surface area contributed by atoms with Crippen LogP contribution in [-0.4, -0.2) is 42.2 Å². The maximum Gasteiger partial charge on any atom is 0.416 e. The Morgan fingerprint density at radius 3 is 2.05 bits per heavy atom. The molecule has 1 unspecified atom stereocenters. The highest BCUT2D eigenvalue weighted by atomic mass is 19.4. The number of hydrogen-bond acceptors (Lipinski definition) is 5. The average molecular weight is 604 g/mol. The number of halogens is 6. The molecular weight excluding hydrogens is 568 g/mol. The monoisotopic (exact) mass is 603 g/mol. The summed E-state index contributed by atoms with van der Waals surface area (Å²) in [6.07, 6.45) is -11.3. The van der Waals surface area contributed by atoms with Gasteiger partial charge in [0, 0.05) is 19.4 Å². The topological polar surface area (TPSA) is 66.0 Å². The van der Waals surface area contributed by atoms with Crippen molar-refractivity contribution >= 4 is 5.91 Å². The molecule has 6 nitrogen and oxygen atoms in total. The Labute approximate surface area is 240 Å². The zero-order valence-electron chi connectivity index (χ0n) is 23.8. The van der Waals surface area contributed by atoms with Crippen LogP contribution in [0, 0.1) is 5.92 Å². The molecule has 2 aromatic rings. The number of amides is 1. The highest BCUT2D eigenvalue weighted by molar-refractivity contribution is 5.85. The lowest BCUT2D eigenvalue weighted by atomic mass is 9.78. The van der Waals surface area contributed by atoms with Gasteiger partial charge in [-0.15, -0.1) is 0 Å². The van der Waals surface area contributed by atoms with Gasteiger partial charge in [-0.25, -0.2) is 0 Å². The zero-order valence-corrected chi connectivity index (χ0v) is 23.8. The first kappa shape index (κ1) is 32.2. The Kier molecular flexibility index (Phi) is 9.32. The summed E-state index contributed by atoms with van der Waals surface area (Å²) in [5.74, 6) is -1.43. The van der Waals surface area contributed by atoms with Crippen molar-refractivity contribution in [3.05, 3.63) is 70.8 Å². The second kappa shape index (κ2) is 12.1. The summed E-state index contributed by atoms with van der Waals surface area (Å²) in [5, 5.41) is 2.86. The summed E-state index contributed by atoms with van der Waals surface area (Å²) in [5.41, 5.74) is -2.76. The van der Waals surface area contributed by atoms with Crippen LogP contribution >= 0.6 is 0 Å². The number of carbonyl (C=O) groups excluding carboxylic acids is 1. The van der Waals surface area contributed by atoms with E-state index in [4.69, 9.17) is 18.9 Å². The molecule has 1 N–H and O–H groups in total. The van der Waals surface area contributed by atoms with Gasteiger partial charge in [0.05, 0.1) is 36.5 Å². The molecule has 0 radical (unpaired) electrons. The van der Waals surface area contributed by atoms with E-state index < -0.39 is 59.1 Å². The average Bonchev–Trinajstić information content (AvgIpc) is 3.22. The van der Waals surface area contributed by atoms with Crippen molar-refractivity contribution < 1.29 is 50.1 Å². The molecule has 12 heteroatoms. The SMILES string of the molecule is CC(C)CNC(=O)[C@@]1(OCc2cccc(C(F)(F)F)c2)CC(OCc2cccc(C(F)(F)F)c2)[C@@H]2OC(C)(C)O[C@@H]2C1. The summed E-state index contributed by atoms with van der Waals surface area (Å²) >= 11 is 0. The predicted octanol–water partition coefficient (Wildman–Crippen LogP) is 6.65. The number of nitrogens with one attached hydrogen (secondary N) is 1. The van der Waals surface area contributed by atoms with E-state index >= 15 is 0 Å². The fraction of sp³-hybridized carbons (Fsp3) is 0.567. The number of hydrogen-bond donors (Lipinski definition) is 1. The Morgan fingerprint density at radius 1 is 0.929 bits per heavy atom. The molecule has 1 heterocycles. The van der Waals surface area contributed by atoms with Crippen molar-refractivity contribution in [2.45, 2.75) is 95.8 Å². The molecule has 2 aromatic carbocycles. The minimum absolute atomic E-state index is 0.0351. The van der Waals surface area contributed by atoms with E-state index in [1.165, 1.54) is 24.3 Å². The van der Waals surface area contributed by atoms with E-state index in [0.717, 1.165) is 24.3 Å². The molecule has 2 fully saturated rings. The fourth-order valence-corrected chi connectivity index (χ4v) is 5.27. The normalized spacial score (nSPS) is 25.8. The van der Waals surface area contributed by atoms with Gasteiger partial charge in [-0.2, -0.15) is 26.3 Å². The van der Waals surface area contributed by atoms with Crippen LogP contribution in [0.2, 0.25) is 0 Å². The van der Waals surface area contributed by atoms with Crippen molar-refractivity contribution in [3.63, 3.8) is 0 Å². The predicted molar refractivity (Wildman–Crippen MR) is 140 cm³/mol. The van der Waals surface area contributed by atoms with Gasteiger partial charge in [0.25, 0.3) is 5.91 Å². The van der Waals surface area contributed by atoms with Crippen LogP contribution in [0.15, 0.2) is 48.5 Å². The second-order valence-corrected chi connectivity index (χ2v) is 11.7. The summed E-state index contributed by atoms with van der Waals surface area (Å²) < 4.78 is 104. The molecule has 0 bridgehead atoms. The lowest BCUT2D eigenvalue weighted by molar-refractivity contribution is -0.183. The Morgan fingerprint density at radius 2 is 1.50 bits per heavy atom. The third-order valence-electron chi connectivity index (χ3n) is 7.22. The molecule has 42 heavy (non-hydrogen) atoms. The molecule has 4 atom stereocenters. The summed E-state index contributed by atoms with van der Waals surface area (Å²) in [6, 6.07) is 9.38. The Hall–Kier alpha value is -2.67. The second-order valence-electron chi connectivity index (χ2n) is 11.7. The molecule has 1 aliphatic carbocycles. The van der Waals surface area contributed by atoms with Gasteiger partial charge >= 0.3 is 12.4 Å². The maximum absolute atomic E-state index is 13.7. The van der Waals surface area contributed by atoms with Gasteiger partial charge in [-0.1, -0.05) is 38.1 Å². The van der Waals surface area contributed by atoms with E-state index in [1.54, 1.807) is 13.8 Å². The highest BCUT2D eigenvalue weighted by Crippen LogP contribution is 2.44. The maximum atomic E-state index is 13.7. The molecule has 2 aliphatic rings. The van der Waals surface area contributed by atoms with E-state index in [2.05, 4.69) is 5.32 Å². The van der Waals surface area contributed by atoms with Crippen LogP contribution in [0.25, 0.3) is 0 Å². The summed E-state index contributed by atoms with van der Waals surface area (Å²) in [4.78, 5) is 13.7. The van der Waals surface area contributed by atoms with Crippen LogP contribution in [0.3, 0.4) is 0 Å². The summed E-state index contributed by atoms with van der Waals surface area (Å²) in [6.45, 7) is 7.01. The van der Waals surface area contributed by atoms with Crippen LogP contribution in [0.5, 0.6) is 0 Å². The Balaban J connectivity index is 1.62. The molecule has 0 aromatic heterocycles. The molecule has 0 spiro atoms. The lowest BCUT2D eigenvalue weighted by Gasteiger charge is -2.43. The standard InChI is InChI=1S/C30H35F6NO5/c1-18(2)15-37-26(38)28(40-17-20-8-6-10-22(12-20)30(34,35)36)13-23(25-24(14-28)41-27(3,4)42-25)39-16-19-7-5-9-21(11-19)29(31,32)33/h5-12,18,23-25H,13-17H2,1-4H3,(H,37,38)/t23?,24-,25+,28-/m1/s1. The smallest absolute Gasteiger partial charge is 0.371 e. The minimum atomic E-state index is -4.55. The molecule has 1 saturated heterocycles. The largest absolute Gasteiger partial charge is 0.416 e. The highest BCUT2D eigenvalue weighted by Gasteiger charge is 2.58. The van der Waals surface area contributed by atoms with E-state index in [9.17, 15) is 31.1 Å². The van der Waals surface area contributed by atoms with Crippen LogP contribution < -0.4 is 5.32 Å². The molecule has 1 aliphatic heterocycles. The minimum Gasteiger partial charge on any atom is -0.371 e. The quantitative estimate of drug-likeness (QED) is 0.325. The first-order chi connectivity index (χ1) is 19.5. The van der Waals surface area contributed by atoms with Gasteiger partial charge in [0.15, 0.2) is 11.4 Å². The number of benzene rings is 2. The van der Waals surface area contributed by atoms with Gasteiger partial charge in [-0.05, 0) is 55.2 Å². The molecular formula is C30H35F6NO5. The summed E-state index contributed by atoms with van der Waals surface area (Å²) in [7, 11) is 0. The van der Waals surface area contributed by atoms with Gasteiger partial charge in [0.2, 0.25) is 0 Å². The van der Waals surface area contributed by atoms with E-state index in [-0.39, 0.29) is 43.1 Å². The molecule has 1 saturated carbocycles. The number of rotatable bonds is 9. The van der Waals surface area contributed by atoms with Gasteiger partial charge in [-0.3, -0.25) is 4.79 Å². The first-order valence-corrected chi connectivity index (χ1v) is 13.7. The number of carbonyl (C=O) groups is 1. The van der Waals surface area contributed by atoms with Crippen molar-refractivity contribution in [2.24, 2.45) is 5.92 Å². The number of ether oxygens (including phenoxy) is 4. The lowest BCUT2D eigenvalue weighted by Crippen LogP contribution is -2.60. The van der Waals surface area contributed by atoms with Crippen LogP contribution in [0.4, 0.5) is 26.3 Å². The van der Waals surface area contributed by atoms with Crippen molar-refractivity contribution in [1.29, 1.82) is 0 Å². The number of alkyl halides is 6. The van der Waals surface area contributed by atoms with Crippen molar-refractivity contribution in [3.8, 4) is 0 Å². The third kappa shape index (κ3) is 7.83. The van der Waals surface area contributed by atoms with Crippen molar-refractivity contribution in [1.82, 2.24) is 5.32 Å². The molecule has 4 rings (SSSR count). The Bertz CT molecular complexity index is 1250. The fourth-order valence-electron chi connectivity index (χ4n) is 5.27. The first-order valence-electron chi connectivity index (χ1n) is 13.7. The van der Waals surface area contributed by atoms with Crippen LogP contribution in [-0.2, 0) is 49.3 Å². The van der Waals surface area contributed by atoms with Gasteiger partial charge in [0.1, 0.15) is 6.10 Å². The number of fused-ring (bicyclic) bond motifs is 1. The molecule has 232 valence electrons. The third-order valence-corrected chi connectivity index (χ3v) is 7.22. The van der Waals surface area contributed by atoms with Gasteiger partial charge < -0.3 is 24.3 Å². The van der Waals surface area contributed by atoms with E-state index in [0.29, 0.717) is 6.54 Å². The van der Waals surface area contributed by atoms with Crippen molar-refractivity contribution in [2.75, 3.05) is 6.54 Å². The zero-order chi connectivity index (χ0) is 30.9. The molecule has 1 amide bonds.